The molecule has 0 fully saturated rings. The second-order valence-electron chi connectivity index (χ2n) is 3.56. The maximum atomic E-state index is 10.3. The van der Waals surface area contributed by atoms with Gasteiger partial charge in [0, 0.05) is 19.2 Å². The van der Waals surface area contributed by atoms with Gasteiger partial charge in [-0.05, 0) is 12.3 Å². The first-order valence-corrected chi connectivity index (χ1v) is 4.71. The summed E-state index contributed by atoms with van der Waals surface area (Å²) in [6, 6.07) is 0. The number of aliphatic carboxylic acids is 1. The topological polar surface area (TPSA) is 68.0 Å². The van der Waals surface area contributed by atoms with Gasteiger partial charge in [-0.2, -0.15) is 0 Å². The van der Waals surface area contributed by atoms with Crippen LogP contribution in [0.2, 0.25) is 0 Å². The molecule has 0 saturated heterocycles. The van der Waals surface area contributed by atoms with Crippen LogP contribution in [0.15, 0.2) is 6.20 Å². The molecule has 1 N–H and O–H groups in total. The van der Waals surface area contributed by atoms with Crippen molar-refractivity contribution in [3.8, 4) is 0 Å². The van der Waals surface area contributed by atoms with Crippen LogP contribution in [0.4, 0.5) is 0 Å². The van der Waals surface area contributed by atoms with E-state index < -0.39 is 5.97 Å². The Bertz CT molecular complexity index is 307. The number of carboxylic acids is 1. The normalized spacial score (nSPS) is 10.8. The molecule has 0 aliphatic rings. The van der Waals surface area contributed by atoms with E-state index in [4.69, 9.17) is 5.11 Å². The maximum absolute atomic E-state index is 10.3. The largest absolute Gasteiger partial charge is 0.481 e. The summed E-state index contributed by atoms with van der Waals surface area (Å²) < 4.78 is 1.69. The third kappa shape index (κ3) is 3.16. The monoisotopic (exact) mass is 197 g/mol. The van der Waals surface area contributed by atoms with Crippen LogP contribution in [0.3, 0.4) is 0 Å². The van der Waals surface area contributed by atoms with Crippen molar-refractivity contribution in [3.05, 3.63) is 11.9 Å². The molecule has 0 spiro atoms. The van der Waals surface area contributed by atoms with Crippen molar-refractivity contribution >= 4 is 5.97 Å². The van der Waals surface area contributed by atoms with Crippen molar-refractivity contribution in [1.29, 1.82) is 0 Å². The minimum absolute atomic E-state index is 0.177. The van der Waals surface area contributed by atoms with Gasteiger partial charge in [0.25, 0.3) is 0 Å². The van der Waals surface area contributed by atoms with Crippen LogP contribution in [0.1, 0.15) is 38.3 Å². The molecule has 0 amide bonds. The third-order valence-corrected chi connectivity index (χ3v) is 1.93. The highest BCUT2D eigenvalue weighted by Gasteiger charge is 2.04. The third-order valence-electron chi connectivity index (χ3n) is 1.93. The Labute approximate surface area is 82.7 Å². The average molecular weight is 197 g/mol. The highest BCUT2D eigenvalue weighted by atomic mass is 16.4. The summed E-state index contributed by atoms with van der Waals surface area (Å²) >= 11 is 0. The second kappa shape index (κ2) is 4.74. The first kappa shape index (κ1) is 10.7. The van der Waals surface area contributed by atoms with E-state index in [0.717, 1.165) is 5.69 Å². The molecule has 0 aliphatic carbocycles. The van der Waals surface area contributed by atoms with Crippen molar-refractivity contribution in [1.82, 2.24) is 15.0 Å². The molecule has 78 valence electrons. The van der Waals surface area contributed by atoms with Gasteiger partial charge >= 0.3 is 5.97 Å². The molecule has 1 rings (SSSR count). The SMILES string of the molecule is CC(C)c1cn(CCCC(=O)O)nn1. The Balaban J connectivity index is 2.40. The van der Waals surface area contributed by atoms with Gasteiger partial charge in [0.2, 0.25) is 0 Å². The van der Waals surface area contributed by atoms with Crippen molar-refractivity contribution < 1.29 is 9.90 Å². The molecular weight excluding hydrogens is 182 g/mol. The van der Waals surface area contributed by atoms with Gasteiger partial charge in [-0.25, -0.2) is 0 Å². The van der Waals surface area contributed by atoms with E-state index in [0.29, 0.717) is 18.9 Å². The van der Waals surface area contributed by atoms with Gasteiger partial charge in [-0.3, -0.25) is 9.48 Å². The summed E-state index contributed by atoms with van der Waals surface area (Å²) in [5.41, 5.74) is 0.945. The highest BCUT2D eigenvalue weighted by Crippen LogP contribution is 2.09. The maximum Gasteiger partial charge on any atom is 0.303 e. The van der Waals surface area contributed by atoms with Crippen LogP contribution in [0.5, 0.6) is 0 Å². The van der Waals surface area contributed by atoms with Crippen LogP contribution in [0, 0.1) is 0 Å². The number of nitrogens with zero attached hydrogens (tertiary/aromatic N) is 3. The van der Waals surface area contributed by atoms with E-state index in [9.17, 15) is 4.79 Å². The Hall–Kier alpha value is -1.39. The van der Waals surface area contributed by atoms with Gasteiger partial charge in [0.05, 0.1) is 5.69 Å². The zero-order chi connectivity index (χ0) is 10.6. The minimum atomic E-state index is -0.769. The summed E-state index contributed by atoms with van der Waals surface area (Å²) in [4.78, 5) is 10.3. The first-order valence-electron chi connectivity index (χ1n) is 4.71. The zero-order valence-electron chi connectivity index (χ0n) is 8.47. The quantitative estimate of drug-likeness (QED) is 0.771. The van der Waals surface area contributed by atoms with Crippen LogP contribution in [0.25, 0.3) is 0 Å². The van der Waals surface area contributed by atoms with Crippen LogP contribution in [-0.4, -0.2) is 26.1 Å². The average Bonchev–Trinajstić information content (AvgIpc) is 2.52. The molecule has 5 nitrogen and oxygen atoms in total. The van der Waals surface area contributed by atoms with Crippen molar-refractivity contribution in [2.45, 2.75) is 39.2 Å². The van der Waals surface area contributed by atoms with Crippen LogP contribution >= 0.6 is 0 Å². The number of carbonyl (C=O) groups is 1. The van der Waals surface area contributed by atoms with Crippen molar-refractivity contribution in [3.63, 3.8) is 0 Å². The molecule has 1 aromatic rings. The van der Waals surface area contributed by atoms with Gasteiger partial charge < -0.3 is 5.11 Å². The van der Waals surface area contributed by atoms with Crippen molar-refractivity contribution in [2.75, 3.05) is 0 Å². The summed E-state index contributed by atoms with van der Waals surface area (Å²) in [6.07, 6.45) is 2.64. The predicted molar refractivity (Wildman–Crippen MR) is 51.0 cm³/mol. The molecule has 1 aromatic heterocycles. The Morgan fingerprint density at radius 3 is 2.86 bits per heavy atom. The molecule has 0 aliphatic heterocycles. The summed E-state index contributed by atoms with van der Waals surface area (Å²) in [7, 11) is 0. The van der Waals surface area contributed by atoms with Gasteiger partial charge in [-0.15, -0.1) is 5.10 Å². The van der Waals surface area contributed by atoms with E-state index in [-0.39, 0.29) is 6.42 Å². The molecule has 14 heavy (non-hydrogen) atoms. The lowest BCUT2D eigenvalue weighted by molar-refractivity contribution is -0.137. The minimum Gasteiger partial charge on any atom is -0.481 e. The number of rotatable bonds is 5. The van der Waals surface area contributed by atoms with Crippen molar-refractivity contribution in [2.24, 2.45) is 0 Å². The lowest BCUT2D eigenvalue weighted by atomic mass is 10.2. The predicted octanol–water partition coefficient (Wildman–Crippen LogP) is 1.27. The Morgan fingerprint density at radius 1 is 1.64 bits per heavy atom. The van der Waals surface area contributed by atoms with E-state index >= 15 is 0 Å². The molecule has 0 aromatic carbocycles. The van der Waals surface area contributed by atoms with Gasteiger partial charge in [-0.1, -0.05) is 19.1 Å². The van der Waals surface area contributed by atoms with Gasteiger partial charge in [0.15, 0.2) is 0 Å². The Kier molecular flexibility index (Phi) is 3.62. The molecule has 0 radical (unpaired) electrons. The lowest BCUT2D eigenvalue weighted by Gasteiger charge is -1.97. The standard InChI is InChI=1S/C9H15N3O2/c1-7(2)8-6-12(11-10-8)5-3-4-9(13)14/h6-7H,3-5H2,1-2H3,(H,13,14). The Morgan fingerprint density at radius 2 is 2.36 bits per heavy atom. The number of aryl methyl sites for hydroxylation is 1. The fourth-order valence-electron chi connectivity index (χ4n) is 1.08. The zero-order valence-corrected chi connectivity index (χ0v) is 8.47. The fraction of sp³-hybridized carbons (Fsp3) is 0.667. The van der Waals surface area contributed by atoms with E-state index in [1.54, 1.807) is 4.68 Å². The molecule has 0 bridgehead atoms. The van der Waals surface area contributed by atoms with Crippen LogP contribution < -0.4 is 0 Å². The molecular formula is C9H15N3O2. The molecule has 0 atom stereocenters. The van der Waals surface area contributed by atoms with Crippen LogP contribution in [-0.2, 0) is 11.3 Å². The number of hydrogen-bond acceptors (Lipinski definition) is 3. The summed E-state index contributed by atoms with van der Waals surface area (Å²) in [6.45, 7) is 4.71. The number of hydrogen-bond donors (Lipinski definition) is 1. The van der Waals surface area contributed by atoms with E-state index in [1.807, 2.05) is 20.0 Å². The number of carboxylic acid groups (broad SMARTS) is 1. The van der Waals surface area contributed by atoms with E-state index in [1.165, 1.54) is 0 Å². The smallest absolute Gasteiger partial charge is 0.303 e. The van der Waals surface area contributed by atoms with E-state index in [2.05, 4.69) is 10.3 Å². The molecule has 0 saturated carbocycles. The van der Waals surface area contributed by atoms with Gasteiger partial charge in [0.1, 0.15) is 0 Å². The summed E-state index contributed by atoms with van der Waals surface area (Å²) in [5.74, 6) is -0.405. The first-order chi connectivity index (χ1) is 6.59. The highest BCUT2D eigenvalue weighted by molar-refractivity contribution is 5.66. The molecule has 1 heterocycles. The summed E-state index contributed by atoms with van der Waals surface area (Å²) in [5, 5.41) is 16.3. The molecule has 5 heteroatoms. The second-order valence-corrected chi connectivity index (χ2v) is 3.56. The fourth-order valence-corrected chi connectivity index (χ4v) is 1.08. The number of aromatic nitrogens is 3. The lowest BCUT2D eigenvalue weighted by Crippen LogP contribution is -2.02. The molecule has 0 unspecified atom stereocenters.